The van der Waals surface area contributed by atoms with Gasteiger partial charge in [0.2, 0.25) is 5.91 Å². The normalized spacial score (nSPS) is 21.2. The maximum Gasteiger partial charge on any atom is 0.246 e. The molecule has 2 aliphatic rings. The highest BCUT2D eigenvalue weighted by Crippen LogP contribution is 2.28. The van der Waals surface area contributed by atoms with Crippen molar-refractivity contribution in [2.24, 2.45) is 0 Å². The van der Waals surface area contributed by atoms with Gasteiger partial charge in [0.1, 0.15) is 11.9 Å². The highest BCUT2D eigenvalue weighted by Gasteiger charge is 2.37. The van der Waals surface area contributed by atoms with E-state index in [0.717, 1.165) is 54.0 Å². The minimum atomic E-state index is -0.0707. The number of pyridine rings is 1. The van der Waals surface area contributed by atoms with Gasteiger partial charge in [-0.15, -0.1) is 0 Å². The lowest BCUT2D eigenvalue weighted by Gasteiger charge is -2.42. The molecular formula is C19H20N6O. The fourth-order valence-corrected chi connectivity index (χ4v) is 3.93. The van der Waals surface area contributed by atoms with E-state index in [1.165, 1.54) is 0 Å². The summed E-state index contributed by atoms with van der Waals surface area (Å²) in [5.41, 5.74) is 3.11. The molecule has 2 fully saturated rings. The van der Waals surface area contributed by atoms with Gasteiger partial charge in [-0.2, -0.15) is 5.10 Å². The number of carbonyl (C=O) groups excluding carboxylic acids is 1. The number of carbonyl (C=O) groups is 1. The van der Waals surface area contributed by atoms with Crippen molar-refractivity contribution in [1.29, 1.82) is 0 Å². The lowest BCUT2D eigenvalue weighted by atomic mass is 10.0. The number of fused-ring (bicyclic) bond motifs is 2. The van der Waals surface area contributed by atoms with Crippen LogP contribution in [-0.2, 0) is 4.79 Å². The predicted octanol–water partition coefficient (Wildman–Crippen LogP) is 1.25. The Morgan fingerprint density at radius 1 is 1.08 bits per heavy atom. The molecule has 132 valence electrons. The zero-order valence-corrected chi connectivity index (χ0v) is 14.4. The van der Waals surface area contributed by atoms with Crippen LogP contribution in [0.5, 0.6) is 0 Å². The third-order valence-electron chi connectivity index (χ3n) is 5.34. The van der Waals surface area contributed by atoms with Crippen molar-refractivity contribution in [2.45, 2.75) is 6.04 Å². The van der Waals surface area contributed by atoms with Crippen molar-refractivity contribution in [2.75, 3.05) is 37.6 Å². The topological polar surface area (TPSA) is 77.2 Å². The van der Waals surface area contributed by atoms with E-state index < -0.39 is 0 Å². The molecule has 4 heterocycles. The minimum absolute atomic E-state index is 0.0707. The average molecular weight is 348 g/mol. The number of benzene rings is 1. The van der Waals surface area contributed by atoms with Crippen LogP contribution in [0.2, 0.25) is 0 Å². The summed E-state index contributed by atoms with van der Waals surface area (Å²) >= 11 is 0. The lowest BCUT2D eigenvalue weighted by Crippen LogP contribution is -2.64. The standard InChI is InChI=1S/C19H20N6O/c26-19-17-12-20-6-7-24(17)8-9-25(19)18-5-4-13(10-21-18)14-2-1-3-16-15(14)11-22-23-16/h1-5,10-11,17,20H,6-9,12H2,(H,22,23)/t17-/m1/s1. The van der Waals surface area contributed by atoms with Gasteiger partial charge in [-0.1, -0.05) is 12.1 Å². The third-order valence-corrected chi connectivity index (χ3v) is 5.34. The van der Waals surface area contributed by atoms with Crippen LogP contribution in [-0.4, -0.2) is 64.8 Å². The van der Waals surface area contributed by atoms with Crippen LogP contribution in [0.4, 0.5) is 5.82 Å². The number of nitrogens with zero attached hydrogens (tertiary/aromatic N) is 4. The second-order valence-corrected chi connectivity index (χ2v) is 6.79. The number of hydrogen-bond donors (Lipinski definition) is 2. The molecule has 2 saturated heterocycles. The number of amides is 1. The summed E-state index contributed by atoms with van der Waals surface area (Å²) in [6.45, 7) is 4.20. The van der Waals surface area contributed by atoms with E-state index in [-0.39, 0.29) is 11.9 Å². The van der Waals surface area contributed by atoms with E-state index in [9.17, 15) is 4.79 Å². The molecule has 2 aliphatic heterocycles. The molecule has 0 aliphatic carbocycles. The SMILES string of the molecule is O=C1[C@H]2CNCCN2CCN1c1ccc(-c2cccc3[nH]ncc23)cn1. The van der Waals surface area contributed by atoms with Crippen molar-refractivity contribution in [3.8, 4) is 11.1 Å². The summed E-state index contributed by atoms with van der Waals surface area (Å²) in [6, 6.07) is 9.97. The van der Waals surface area contributed by atoms with Gasteiger partial charge in [0.25, 0.3) is 0 Å². The molecule has 0 radical (unpaired) electrons. The Hall–Kier alpha value is -2.77. The van der Waals surface area contributed by atoms with Crippen LogP contribution in [0, 0.1) is 0 Å². The van der Waals surface area contributed by atoms with Crippen LogP contribution in [0.3, 0.4) is 0 Å². The monoisotopic (exact) mass is 348 g/mol. The number of aromatic nitrogens is 3. The Labute approximate surface area is 151 Å². The lowest BCUT2D eigenvalue weighted by molar-refractivity contribution is -0.126. The third kappa shape index (κ3) is 2.48. The highest BCUT2D eigenvalue weighted by atomic mass is 16.2. The van der Waals surface area contributed by atoms with Gasteiger partial charge in [0, 0.05) is 49.9 Å². The molecule has 0 bridgehead atoms. The van der Waals surface area contributed by atoms with Gasteiger partial charge in [0.05, 0.1) is 11.7 Å². The van der Waals surface area contributed by atoms with Crippen LogP contribution < -0.4 is 10.2 Å². The van der Waals surface area contributed by atoms with Crippen LogP contribution in [0.25, 0.3) is 22.0 Å². The molecule has 26 heavy (non-hydrogen) atoms. The molecule has 0 saturated carbocycles. The largest absolute Gasteiger partial charge is 0.313 e. The molecule has 7 heteroatoms. The van der Waals surface area contributed by atoms with Gasteiger partial charge in [0.15, 0.2) is 0 Å². The Morgan fingerprint density at radius 2 is 2.04 bits per heavy atom. The van der Waals surface area contributed by atoms with E-state index >= 15 is 0 Å². The first-order valence-electron chi connectivity index (χ1n) is 8.96. The molecule has 2 aromatic heterocycles. The second kappa shape index (κ2) is 6.19. The Kier molecular flexibility index (Phi) is 3.69. The van der Waals surface area contributed by atoms with Crippen molar-refractivity contribution in [1.82, 2.24) is 25.4 Å². The quantitative estimate of drug-likeness (QED) is 0.729. The van der Waals surface area contributed by atoms with Crippen molar-refractivity contribution < 1.29 is 4.79 Å². The van der Waals surface area contributed by atoms with Crippen LogP contribution in [0.1, 0.15) is 0 Å². The van der Waals surface area contributed by atoms with E-state index in [0.29, 0.717) is 6.54 Å². The number of nitrogens with one attached hydrogen (secondary N) is 2. The molecule has 0 unspecified atom stereocenters. The molecular weight excluding hydrogens is 328 g/mol. The molecule has 3 aromatic rings. The summed E-state index contributed by atoms with van der Waals surface area (Å²) < 4.78 is 0. The number of rotatable bonds is 2. The average Bonchev–Trinajstić information content (AvgIpc) is 3.18. The van der Waals surface area contributed by atoms with Crippen LogP contribution in [0.15, 0.2) is 42.7 Å². The Bertz CT molecular complexity index is 950. The summed E-state index contributed by atoms with van der Waals surface area (Å²) in [5.74, 6) is 0.865. The molecule has 5 rings (SSSR count). The van der Waals surface area contributed by atoms with Crippen molar-refractivity contribution >= 4 is 22.6 Å². The number of hydrogen-bond acceptors (Lipinski definition) is 5. The summed E-state index contributed by atoms with van der Waals surface area (Å²) in [5, 5.41) is 11.5. The molecule has 1 atom stereocenters. The van der Waals surface area contributed by atoms with E-state index in [1.54, 1.807) is 0 Å². The number of H-pyrrole nitrogens is 1. The highest BCUT2D eigenvalue weighted by molar-refractivity contribution is 5.98. The van der Waals surface area contributed by atoms with Gasteiger partial charge in [-0.3, -0.25) is 19.7 Å². The van der Waals surface area contributed by atoms with E-state index in [1.807, 2.05) is 41.6 Å². The predicted molar refractivity (Wildman–Crippen MR) is 99.9 cm³/mol. The minimum Gasteiger partial charge on any atom is -0.313 e. The summed E-state index contributed by atoms with van der Waals surface area (Å²) in [7, 11) is 0. The first kappa shape index (κ1) is 15.5. The Balaban J connectivity index is 1.43. The van der Waals surface area contributed by atoms with Gasteiger partial charge in [-0.05, 0) is 23.8 Å². The molecule has 1 amide bonds. The van der Waals surface area contributed by atoms with Crippen molar-refractivity contribution in [3.63, 3.8) is 0 Å². The molecule has 2 N–H and O–H groups in total. The number of piperazine rings is 2. The molecule has 0 spiro atoms. The summed E-state index contributed by atoms with van der Waals surface area (Å²) in [6.07, 6.45) is 3.67. The van der Waals surface area contributed by atoms with Crippen LogP contribution >= 0.6 is 0 Å². The van der Waals surface area contributed by atoms with Crippen molar-refractivity contribution in [3.05, 3.63) is 42.7 Å². The fraction of sp³-hybridized carbons (Fsp3) is 0.316. The Morgan fingerprint density at radius 3 is 2.92 bits per heavy atom. The number of anilines is 1. The smallest absolute Gasteiger partial charge is 0.246 e. The molecule has 7 nitrogen and oxygen atoms in total. The zero-order chi connectivity index (χ0) is 17.5. The van der Waals surface area contributed by atoms with Gasteiger partial charge < -0.3 is 5.32 Å². The first-order valence-corrected chi connectivity index (χ1v) is 8.96. The first-order chi connectivity index (χ1) is 12.8. The summed E-state index contributed by atoms with van der Waals surface area (Å²) in [4.78, 5) is 21.5. The van der Waals surface area contributed by atoms with E-state index in [4.69, 9.17) is 0 Å². The maximum atomic E-state index is 12.8. The van der Waals surface area contributed by atoms with E-state index in [2.05, 4.69) is 31.5 Å². The van der Waals surface area contributed by atoms with Gasteiger partial charge in [-0.25, -0.2) is 4.98 Å². The maximum absolute atomic E-state index is 12.8. The fourth-order valence-electron chi connectivity index (χ4n) is 3.93. The second-order valence-electron chi connectivity index (χ2n) is 6.79. The number of aromatic amines is 1. The molecule has 1 aromatic carbocycles. The zero-order valence-electron chi connectivity index (χ0n) is 14.4. The van der Waals surface area contributed by atoms with Gasteiger partial charge >= 0.3 is 0 Å².